The van der Waals surface area contributed by atoms with Gasteiger partial charge in [-0.2, -0.15) is 0 Å². The number of halogens is 1. The van der Waals surface area contributed by atoms with Crippen molar-refractivity contribution < 1.29 is 24.2 Å². The van der Waals surface area contributed by atoms with Crippen LogP contribution in [-0.2, 0) is 19.1 Å². The van der Waals surface area contributed by atoms with E-state index in [1.54, 1.807) is 13.8 Å². The van der Waals surface area contributed by atoms with Crippen LogP contribution >= 0.6 is 12.4 Å². The molecule has 5 rings (SSSR count). The summed E-state index contributed by atoms with van der Waals surface area (Å²) in [5.41, 5.74) is 5.31. The second-order valence-corrected chi connectivity index (χ2v) is 15.6. The number of ether oxygens (including phenoxy) is 1. The fraction of sp³-hybridized carbons (Fsp3) is 0.848. The maximum Gasteiger partial charge on any atom is 0.322 e. The fourth-order valence-corrected chi connectivity index (χ4v) is 11.1. The van der Waals surface area contributed by atoms with Crippen LogP contribution in [0.25, 0.3) is 0 Å². The highest BCUT2D eigenvalue weighted by atomic mass is 35.5. The van der Waals surface area contributed by atoms with Gasteiger partial charge < -0.3 is 15.6 Å². The molecule has 6 nitrogen and oxygen atoms in total. The predicted octanol–water partition coefficient (Wildman–Crippen LogP) is 6.59. The Morgan fingerprint density at radius 2 is 1.65 bits per heavy atom. The van der Waals surface area contributed by atoms with Gasteiger partial charge in [-0.3, -0.25) is 14.4 Å². The van der Waals surface area contributed by atoms with Crippen molar-refractivity contribution in [3.05, 3.63) is 11.6 Å². The summed E-state index contributed by atoms with van der Waals surface area (Å²) in [6, 6.07) is -0.809. The first kappa shape index (κ1) is 31.5. The highest BCUT2D eigenvalue weighted by molar-refractivity contribution is 5.96. The Labute approximate surface area is 247 Å². The molecule has 0 aromatic carbocycles. The molecule has 0 saturated heterocycles. The zero-order valence-electron chi connectivity index (χ0n) is 25.8. The molecule has 4 fully saturated rings. The van der Waals surface area contributed by atoms with Gasteiger partial charge in [0.15, 0.2) is 5.78 Å². The van der Waals surface area contributed by atoms with Crippen molar-refractivity contribution in [1.82, 2.24) is 0 Å². The van der Waals surface area contributed by atoms with Gasteiger partial charge >= 0.3 is 11.9 Å². The summed E-state index contributed by atoms with van der Waals surface area (Å²) >= 11 is 0. The van der Waals surface area contributed by atoms with E-state index in [-0.39, 0.29) is 46.3 Å². The second kappa shape index (κ2) is 9.82. The minimum atomic E-state index is -1.28. The number of fused-ring (bicyclic) bond motifs is 7. The van der Waals surface area contributed by atoms with E-state index in [1.807, 2.05) is 0 Å². The smallest absolute Gasteiger partial charge is 0.322 e. The maximum absolute atomic E-state index is 14.5. The van der Waals surface area contributed by atoms with Crippen molar-refractivity contribution >= 4 is 30.1 Å². The molecule has 5 aliphatic rings. The summed E-state index contributed by atoms with van der Waals surface area (Å²) in [4.78, 5) is 39.9. The van der Waals surface area contributed by atoms with Gasteiger partial charge in [0.1, 0.15) is 17.6 Å². The lowest BCUT2D eigenvalue weighted by Crippen LogP contribution is -2.68. The number of esters is 1. The first-order valence-electron chi connectivity index (χ1n) is 15.4. The van der Waals surface area contributed by atoms with Gasteiger partial charge in [-0.05, 0) is 117 Å². The van der Waals surface area contributed by atoms with Crippen LogP contribution in [0.4, 0.5) is 0 Å². The maximum atomic E-state index is 14.5. The molecule has 0 amide bonds. The Hall–Kier alpha value is -1.40. The van der Waals surface area contributed by atoms with E-state index < -0.39 is 34.9 Å². The van der Waals surface area contributed by atoms with E-state index in [0.29, 0.717) is 37.0 Å². The molecule has 40 heavy (non-hydrogen) atoms. The summed E-state index contributed by atoms with van der Waals surface area (Å²) in [7, 11) is 0. The summed E-state index contributed by atoms with van der Waals surface area (Å²) in [6.07, 6.45) is 8.66. The number of rotatable bonds is 3. The lowest BCUT2D eigenvalue weighted by atomic mass is 9.33. The summed E-state index contributed by atoms with van der Waals surface area (Å²) in [5, 5.41) is 10.6. The van der Waals surface area contributed by atoms with Crippen molar-refractivity contribution in [2.24, 2.45) is 62.4 Å². The van der Waals surface area contributed by atoms with Crippen LogP contribution in [0, 0.1) is 56.7 Å². The Bertz CT molecular complexity index is 1120. The van der Waals surface area contributed by atoms with E-state index in [1.165, 1.54) is 24.8 Å². The van der Waals surface area contributed by atoms with Crippen LogP contribution in [-0.4, -0.2) is 35.0 Å². The third-order valence-corrected chi connectivity index (χ3v) is 13.8. The van der Waals surface area contributed by atoms with Gasteiger partial charge in [-0.15, -0.1) is 12.4 Å². The Kier molecular flexibility index (Phi) is 7.75. The highest BCUT2D eigenvalue weighted by Gasteiger charge is 2.72. The average molecular weight is 578 g/mol. The number of aliphatic carboxylic acids is 1. The molecule has 4 saturated carbocycles. The van der Waals surface area contributed by atoms with Crippen molar-refractivity contribution in [1.29, 1.82) is 0 Å². The van der Waals surface area contributed by atoms with E-state index in [0.717, 1.165) is 12.8 Å². The quantitative estimate of drug-likeness (QED) is 0.366. The van der Waals surface area contributed by atoms with Crippen molar-refractivity contribution in [2.45, 2.75) is 119 Å². The normalized spacial score (nSPS) is 50.5. The molecule has 3 N–H and O–H groups in total. The molecule has 0 aromatic heterocycles. The fourth-order valence-electron chi connectivity index (χ4n) is 11.1. The minimum absolute atomic E-state index is 0. The molecule has 226 valence electrons. The SMILES string of the molecule is CC(N)C(=O)O[C@@H]1CC[C@@]2(C)C(CC[C@]3(C)C2C(=O)C=C2C4[C@@H](C)[C@H](C)CC[C@]4(C)CC[C@]23C)[C@@]1(C)C(=O)O.Cl. The van der Waals surface area contributed by atoms with Crippen LogP contribution in [0.3, 0.4) is 0 Å². The standard InChI is InChI=1S/C33H51NO5.ClH/c1-18-9-12-29(4)15-16-31(6)21(25(29)19(18)2)17-22(35)26-30(5)13-11-24(39-27(36)20(3)34)33(8,28(37)38)23(30)10-14-32(26,31)7;/h17-20,23-26H,9-16,34H2,1-8H3,(H,37,38);1H/t18-,19+,20?,23?,24-,25?,26?,29-,30+,31-,32-,33-;/m1./s1. The Balaban J connectivity index is 0.00000370. The van der Waals surface area contributed by atoms with Crippen molar-refractivity contribution in [2.75, 3.05) is 0 Å². The van der Waals surface area contributed by atoms with Crippen LogP contribution in [0.5, 0.6) is 0 Å². The average Bonchev–Trinajstić information content (AvgIpc) is 2.84. The number of carboxylic acids is 1. The van der Waals surface area contributed by atoms with E-state index in [4.69, 9.17) is 10.5 Å². The van der Waals surface area contributed by atoms with Crippen LogP contribution < -0.4 is 5.73 Å². The molecular weight excluding hydrogens is 526 g/mol. The molecule has 0 spiro atoms. The number of carbonyl (C=O) groups excluding carboxylic acids is 2. The van der Waals surface area contributed by atoms with E-state index in [2.05, 4.69) is 47.6 Å². The van der Waals surface area contributed by atoms with Crippen LogP contribution in [0.15, 0.2) is 11.6 Å². The molecule has 0 radical (unpaired) electrons. The number of hydrogen-bond acceptors (Lipinski definition) is 5. The largest absolute Gasteiger partial charge is 0.481 e. The zero-order valence-corrected chi connectivity index (χ0v) is 26.7. The molecular formula is C33H52ClNO5. The molecule has 12 atom stereocenters. The van der Waals surface area contributed by atoms with E-state index in [9.17, 15) is 19.5 Å². The third kappa shape index (κ3) is 3.93. The van der Waals surface area contributed by atoms with Gasteiger partial charge in [-0.25, -0.2) is 0 Å². The number of allylic oxidation sites excluding steroid dienone is 2. The van der Waals surface area contributed by atoms with Gasteiger partial charge in [0, 0.05) is 5.92 Å². The number of ketones is 1. The Morgan fingerprint density at radius 1 is 1.00 bits per heavy atom. The molecule has 0 bridgehead atoms. The molecule has 0 aromatic rings. The molecule has 4 unspecified atom stereocenters. The second-order valence-electron chi connectivity index (χ2n) is 15.6. The predicted molar refractivity (Wildman–Crippen MR) is 158 cm³/mol. The Morgan fingerprint density at radius 3 is 2.25 bits per heavy atom. The number of nitrogens with two attached hydrogens (primary N) is 1. The first-order valence-corrected chi connectivity index (χ1v) is 15.4. The van der Waals surface area contributed by atoms with Crippen LogP contribution in [0.1, 0.15) is 107 Å². The minimum Gasteiger partial charge on any atom is -0.481 e. The number of carboxylic acid groups (broad SMARTS) is 1. The number of hydrogen-bond donors (Lipinski definition) is 2. The highest BCUT2D eigenvalue weighted by Crippen LogP contribution is 2.75. The third-order valence-electron chi connectivity index (χ3n) is 13.8. The summed E-state index contributed by atoms with van der Waals surface area (Å²) in [6.45, 7) is 17.5. The monoisotopic (exact) mass is 577 g/mol. The van der Waals surface area contributed by atoms with Crippen molar-refractivity contribution in [3.8, 4) is 0 Å². The van der Waals surface area contributed by atoms with Crippen molar-refractivity contribution in [3.63, 3.8) is 0 Å². The molecule has 0 heterocycles. The lowest BCUT2D eigenvalue weighted by Gasteiger charge is -2.70. The zero-order chi connectivity index (χ0) is 28.9. The first-order chi connectivity index (χ1) is 18.0. The summed E-state index contributed by atoms with van der Waals surface area (Å²) < 4.78 is 5.77. The van der Waals surface area contributed by atoms with Gasteiger partial charge in [0.25, 0.3) is 0 Å². The molecule has 7 heteroatoms. The van der Waals surface area contributed by atoms with Gasteiger partial charge in [-0.1, -0.05) is 47.1 Å². The lowest BCUT2D eigenvalue weighted by molar-refractivity contribution is -0.221. The van der Waals surface area contributed by atoms with E-state index >= 15 is 0 Å². The van der Waals surface area contributed by atoms with Gasteiger partial charge in [0.2, 0.25) is 0 Å². The van der Waals surface area contributed by atoms with Gasteiger partial charge in [0.05, 0.1) is 0 Å². The molecule has 0 aliphatic heterocycles. The topological polar surface area (TPSA) is 107 Å². The molecule has 5 aliphatic carbocycles. The van der Waals surface area contributed by atoms with Crippen LogP contribution in [0.2, 0.25) is 0 Å². The summed E-state index contributed by atoms with van der Waals surface area (Å²) in [5.74, 6) is -0.228. The number of carbonyl (C=O) groups is 3.